The van der Waals surface area contributed by atoms with Crippen molar-refractivity contribution >= 4 is 11.8 Å². The van der Waals surface area contributed by atoms with Crippen LogP contribution in [0.1, 0.15) is 29.0 Å². The van der Waals surface area contributed by atoms with E-state index in [1.807, 2.05) is 6.07 Å². The van der Waals surface area contributed by atoms with E-state index in [0.717, 1.165) is 12.8 Å². The van der Waals surface area contributed by atoms with Crippen LogP contribution in [0.15, 0.2) is 53.1 Å². The van der Waals surface area contributed by atoms with Crippen LogP contribution in [0.2, 0.25) is 0 Å². The molecule has 0 unspecified atom stereocenters. The van der Waals surface area contributed by atoms with E-state index < -0.39 is 0 Å². The van der Waals surface area contributed by atoms with Crippen molar-refractivity contribution in [2.45, 2.75) is 18.3 Å². The Morgan fingerprint density at radius 3 is 2.37 bits per heavy atom. The van der Waals surface area contributed by atoms with Crippen molar-refractivity contribution in [2.24, 2.45) is 0 Å². The van der Waals surface area contributed by atoms with E-state index in [9.17, 15) is 9.59 Å². The maximum Gasteiger partial charge on any atom is 0.289 e. The Morgan fingerprint density at radius 1 is 1.00 bits per heavy atom. The van der Waals surface area contributed by atoms with Crippen LogP contribution in [0.4, 0.5) is 0 Å². The van der Waals surface area contributed by atoms with Gasteiger partial charge in [0.1, 0.15) is 0 Å². The predicted octanol–water partition coefficient (Wildman–Crippen LogP) is 1.89. The van der Waals surface area contributed by atoms with Gasteiger partial charge in [-0.3, -0.25) is 14.5 Å². The number of nitrogens with zero attached hydrogens (tertiary/aromatic N) is 2. The largest absolute Gasteiger partial charge is 0.459 e. The molecule has 1 aliphatic heterocycles. The molecule has 1 aromatic carbocycles. The van der Waals surface area contributed by atoms with Gasteiger partial charge < -0.3 is 14.6 Å². The van der Waals surface area contributed by atoms with Gasteiger partial charge in [0.15, 0.2) is 5.76 Å². The van der Waals surface area contributed by atoms with Crippen molar-refractivity contribution in [3.8, 4) is 0 Å². The van der Waals surface area contributed by atoms with Gasteiger partial charge in [-0.05, 0) is 30.5 Å². The minimum atomic E-state index is -0.0809. The zero-order chi connectivity index (χ0) is 18.7. The fourth-order valence-electron chi connectivity index (χ4n) is 3.70. The van der Waals surface area contributed by atoms with Crippen LogP contribution in [0.25, 0.3) is 0 Å². The lowest BCUT2D eigenvalue weighted by molar-refractivity contribution is -0.122. The molecule has 0 radical (unpaired) electrons. The summed E-state index contributed by atoms with van der Waals surface area (Å²) in [6.07, 6.45) is 3.77. The van der Waals surface area contributed by atoms with Crippen LogP contribution in [0.3, 0.4) is 0 Å². The number of rotatable bonds is 6. The molecule has 6 heteroatoms. The first-order valence-corrected chi connectivity index (χ1v) is 9.54. The van der Waals surface area contributed by atoms with Crippen molar-refractivity contribution < 1.29 is 14.0 Å². The summed E-state index contributed by atoms with van der Waals surface area (Å²) in [6.45, 7) is 3.70. The Morgan fingerprint density at radius 2 is 1.74 bits per heavy atom. The van der Waals surface area contributed by atoms with Gasteiger partial charge in [0.05, 0.1) is 12.8 Å². The monoisotopic (exact) mass is 367 g/mol. The SMILES string of the molecule is O=C(CN1CCN(C(=O)c2ccco2)CC1)NCC1(c2ccccc2)CC1. The fourth-order valence-corrected chi connectivity index (χ4v) is 3.70. The molecule has 1 N–H and O–H groups in total. The number of carbonyl (C=O) groups excluding carboxylic acids is 2. The topological polar surface area (TPSA) is 65.8 Å². The standard InChI is InChI=1S/C21H25N3O3/c25-19(22-16-21(8-9-21)17-5-2-1-3-6-17)15-23-10-12-24(13-11-23)20(26)18-7-4-14-27-18/h1-7,14H,8-13,15-16H2,(H,22,25). The summed E-state index contributed by atoms with van der Waals surface area (Å²) in [5, 5.41) is 3.11. The van der Waals surface area contributed by atoms with Crippen LogP contribution in [-0.2, 0) is 10.2 Å². The lowest BCUT2D eigenvalue weighted by atomic mass is 9.96. The molecular formula is C21H25N3O3. The number of amides is 2. The second-order valence-electron chi connectivity index (χ2n) is 7.47. The molecule has 142 valence electrons. The van der Waals surface area contributed by atoms with Gasteiger partial charge in [-0.25, -0.2) is 0 Å². The fraction of sp³-hybridized carbons (Fsp3) is 0.429. The van der Waals surface area contributed by atoms with Gasteiger partial charge in [-0.2, -0.15) is 0 Å². The van der Waals surface area contributed by atoms with E-state index in [4.69, 9.17) is 4.42 Å². The minimum Gasteiger partial charge on any atom is -0.459 e. The van der Waals surface area contributed by atoms with Gasteiger partial charge in [0.2, 0.25) is 5.91 Å². The lowest BCUT2D eigenvalue weighted by Gasteiger charge is -2.34. The van der Waals surface area contributed by atoms with Crippen molar-refractivity contribution in [1.82, 2.24) is 15.1 Å². The van der Waals surface area contributed by atoms with E-state index in [1.165, 1.54) is 11.8 Å². The molecule has 1 saturated heterocycles. The van der Waals surface area contributed by atoms with Crippen LogP contribution in [0, 0.1) is 0 Å². The van der Waals surface area contributed by atoms with E-state index in [1.54, 1.807) is 17.0 Å². The number of hydrogen-bond donors (Lipinski definition) is 1. The summed E-state index contributed by atoms with van der Waals surface area (Å²) in [6, 6.07) is 13.8. The molecule has 2 heterocycles. The third-order valence-electron chi connectivity index (χ3n) is 5.62. The highest BCUT2D eigenvalue weighted by Crippen LogP contribution is 2.47. The molecule has 2 aromatic rings. The Bertz CT molecular complexity index is 776. The number of hydrogen-bond acceptors (Lipinski definition) is 4. The van der Waals surface area contributed by atoms with E-state index >= 15 is 0 Å². The molecule has 2 aliphatic rings. The lowest BCUT2D eigenvalue weighted by Crippen LogP contribution is -2.51. The average Bonchev–Trinajstić information content (AvgIpc) is 3.30. The molecule has 0 bridgehead atoms. The zero-order valence-corrected chi connectivity index (χ0v) is 15.4. The van der Waals surface area contributed by atoms with Crippen molar-refractivity contribution in [3.05, 3.63) is 60.1 Å². The highest BCUT2D eigenvalue weighted by molar-refractivity contribution is 5.91. The number of piperazine rings is 1. The Labute approximate surface area is 159 Å². The highest BCUT2D eigenvalue weighted by atomic mass is 16.3. The Kier molecular flexibility index (Phi) is 4.99. The van der Waals surface area contributed by atoms with Crippen LogP contribution < -0.4 is 5.32 Å². The number of carbonyl (C=O) groups is 2. The first-order chi connectivity index (χ1) is 13.2. The molecule has 0 spiro atoms. The molecule has 6 nitrogen and oxygen atoms in total. The molecule has 1 aromatic heterocycles. The van der Waals surface area contributed by atoms with Gasteiger partial charge in [-0.1, -0.05) is 30.3 Å². The van der Waals surface area contributed by atoms with E-state index in [2.05, 4.69) is 34.5 Å². The third kappa shape index (κ3) is 4.06. The summed E-state index contributed by atoms with van der Waals surface area (Å²) in [4.78, 5) is 28.5. The van der Waals surface area contributed by atoms with Gasteiger partial charge >= 0.3 is 0 Å². The van der Waals surface area contributed by atoms with E-state index in [0.29, 0.717) is 45.0 Å². The second-order valence-corrected chi connectivity index (χ2v) is 7.47. The van der Waals surface area contributed by atoms with E-state index in [-0.39, 0.29) is 17.2 Å². The quantitative estimate of drug-likeness (QED) is 0.847. The predicted molar refractivity (Wildman–Crippen MR) is 101 cm³/mol. The Balaban J connectivity index is 1.22. The normalized spacial score (nSPS) is 18.9. The maximum absolute atomic E-state index is 12.4. The molecule has 1 aliphatic carbocycles. The summed E-state index contributed by atoms with van der Waals surface area (Å²) >= 11 is 0. The van der Waals surface area contributed by atoms with Gasteiger partial charge in [0.25, 0.3) is 5.91 Å². The second kappa shape index (κ2) is 7.56. The molecule has 1 saturated carbocycles. The van der Waals surface area contributed by atoms with Crippen LogP contribution in [-0.4, -0.2) is 60.9 Å². The number of furan rings is 1. The first kappa shape index (κ1) is 17.8. The van der Waals surface area contributed by atoms with Crippen molar-refractivity contribution in [1.29, 1.82) is 0 Å². The summed E-state index contributed by atoms with van der Waals surface area (Å²) in [7, 11) is 0. The first-order valence-electron chi connectivity index (χ1n) is 9.54. The highest BCUT2D eigenvalue weighted by Gasteiger charge is 2.44. The van der Waals surface area contributed by atoms with Crippen LogP contribution in [0.5, 0.6) is 0 Å². The maximum atomic E-state index is 12.4. The average molecular weight is 367 g/mol. The molecule has 4 rings (SSSR count). The zero-order valence-electron chi connectivity index (χ0n) is 15.4. The van der Waals surface area contributed by atoms with Crippen molar-refractivity contribution in [2.75, 3.05) is 39.3 Å². The summed E-state index contributed by atoms with van der Waals surface area (Å²) in [5.74, 6) is 0.350. The van der Waals surface area contributed by atoms with Gasteiger partial charge in [0, 0.05) is 38.1 Å². The smallest absolute Gasteiger partial charge is 0.289 e. The Hall–Kier alpha value is -2.60. The molecule has 0 atom stereocenters. The number of benzene rings is 1. The van der Waals surface area contributed by atoms with Gasteiger partial charge in [-0.15, -0.1) is 0 Å². The molecule has 27 heavy (non-hydrogen) atoms. The number of nitrogens with one attached hydrogen (secondary N) is 1. The van der Waals surface area contributed by atoms with Crippen LogP contribution >= 0.6 is 0 Å². The third-order valence-corrected chi connectivity index (χ3v) is 5.62. The molecule has 2 fully saturated rings. The minimum absolute atomic E-state index is 0.0583. The van der Waals surface area contributed by atoms with Crippen molar-refractivity contribution in [3.63, 3.8) is 0 Å². The summed E-state index contributed by atoms with van der Waals surface area (Å²) in [5.41, 5.74) is 1.45. The summed E-state index contributed by atoms with van der Waals surface area (Å²) < 4.78 is 5.18. The molecular weight excluding hydrogens is 342 g/mol. The molecule has 2 amide bonds.